The van der Waals surface area contributed by atoms with Gasteiger partial charge < -0.3 is 19.3 Å². The van der Waals surface area contributed by atoms with Gasteiger partial charge in [0, 0.05) is 0 Å². The van der Waals surface area contributed by atoms with Crippen LogP contribution in [0.1, 0.15) is 25.7 Å². The molecular formula is C24H42N2O2Si2Zr. The van der Waals surface area contributed by atoms with Gasteiger partial charge in [-0.1, -0.05) is 26.2 Å². The first-order valence-electron chi connectivity index (χ1n) is 11.2. The van der Waals surface area contributed by atoms with Crippen LogP contribution in [0.15, 0.2) is 48.5 Å². The average molecular weight is 538 g/mol. The second kappa shape index (κ2) is 15.7. The second-order valence-corrected chi connectivity index (χ2v) is 17.5. The Bertz CT molecular complexity index is 591. The summed E-state index contributed by atoms with van der Waals surface area (Å²) in [5, 5.41) is 19.7. The number of hydrogen-bond donors (Lipinski definition) is 0. The summed E-state index contributed by atoms with van der Waals surface area (Å²) in [5.41, 5.74) is 0. The molecule has 2 aromatic carbocycles. The molecule has 2 aliphatic rings. The fraction of sp³-hybridized carbons (Fsp3) is 0.583. The Kier molecular flexibility index (Phi) is 15.6. The fourth-order valence-electron chi connectivity index (χ4n) is 4.48. The summed E-state index contributed by atoms with van der Waals surface area (Å²) in [7, 11) is -1.02. The Balaban J connectivity index is 0.000000487. The quantitative estimate of drug-likeness (QED) is 0.441. The Morgan fingerprint density at radius 2 is 0.774 bits per heavy atom. The molecule has 0 bridgehead atoms. The first-order chi connectivity index (χ1) is 14.4. The van der Waals surface area contributed by atoms with Crippen molar-refractivity contribution >= 4 is 26.8 Å². The SMILES string of the molecule is C[O-].C[O-].C[Si](C)([c-]1cccc1)N1CCCC1.C[Si](C)([c-]1cccc1)N1CCCC1.[Zr+4]. The first-order valence-corrected chi connectivity index (χ1v) is 17.1. The molecule has 0 atom stereocenters. The number of rotatable bonds is 4. The molecule has 2 aromatic rings. The Labute approximate surface area is 212 Å². The van der Waals surface area contributed by atoms with E-state index in [1.165, 1.54) is 51.9 Å². The van der Waals surface area contributed by atoms with Crippen LogP contribution in [0.25, 0.3) is 0 Å². The molecule has 0 radical (unpaired) electrons. The van der Waals surface area contributed by atoms with E-state index >= 15 is 0 Å². The van der Waals surface area contributed by atoms with Gasteiger partial charge in [-0.3, -0.25) is 0 Å². The first kappa shape index (κ1) is 30.9. The van der Waals surface area contributed by atoms with Crippen molar-refractivity contribution in [2.24, 2.45) is 0 Å². The van der Waals surface area contributed by atoms with E-state index in [-0.39, 0.29) is 26.2 Å². The van der Waals surface area contributed by atoms with Gasteiger partial charge in [-0.2, -0.15) is 38.5 Å². The topological polar surface area (TPSA) is 52.6 Å². The van der Waals surface area contributed by atoms with Crippen molar-refractivity contribution in [3.8, 4) is 0 Å². The Hall–Kier alpha value is -0.143. The van der Waals surface area contributed by atoms with Crippen molar-refractivity contribution in [1.29, 1.82) is 0 Å². The summed E-state index contributed by atoms with van der Waals surface area (Å²) in [5.74, 6) is 0. The average Bonchev–Trinajstić information content (AvgIpc) is 3.60. The van der Waals surface area contributed by atoms with Gasteiger partial charge in [0.25, 0.3) is 0 Å². The molecule has 4 nitrogen and oxygen atoms in total. The van der Waals surface area contributed by atoms with E-state index in [0.717, 1.165) is 14.2 Å². The molecule has 4 rings (SSSR count). The number of nitrogens with zero attached hydrogens (tertiary/aromatic N) is 2. The molecule has 2 aliphatic heterocycles. The summed E-state index contributed by atoms with van der Waals surface area (Å²) in [4.78, 5) is 0. The smallest absolute Gasteiger partial charge is 0.857 e. The Morgan fingerprint density at radius 1 is 0.548 bits per heavy atom. The molecule has 0 spiro atoms. The summed E-state index contributed by atoms with van der Waals surface area (Å²) in [6, 6.07) is 17.9. The van der Waals surface area contributed by atoms with Crippen LogP contribution >= 0.6 is 0 Å². The van der Waals surface area contributed by atoms with Gasteiger partial charge >= 0.3 is 26.2 Å². The van der Waals surface area contributed by atoms with Gasteiger partial charge in [0.05, 0.1) is 16.5 Å². The van der Waals surface area contributed by atoms with Gasteiger partial charge in [-0.25, -0.2) is 24.3 Å². The van der Waals surface area contributed by atoms with E-state index in [1.807, 2.05) is 0 Å². The second-order valence-electron chi connectivity index (χ2n) is 8.85. The van der Waals surface area contributed by atoms with E-state index < -0.39 is 16.5 Å². The zero-order valence-electron chi connectivity index (χ0n) is 20.5. The molecule has 172 valence electrons. The predicted molar refractivity (Wildman–Crippen MR) is 132 cm³/mol. The Morgan fingerprint density at radius 3 is 1.00 bits per heavy atom. The summed E-state index contributed by atoms with van der Waals surface area (Å²) in [6.07, 6.45) is 5.60. The van der Waals surface area contributed by atoms with Crippen molar-refractivity contribution < 1.29 is 36.4 Å². The molecule has 0 aliphatic carbocycles. The van der Waals surface area contributed by atoms with Gasteiger partial charge in [0.15, 0.2) is 0 Å². The molecule has 0 N–H and O–H groups in total. The van der Waals surface area contributed by atoms with Crippen molar-refractivity contribution in [1.82, 2.24) is 9.13 Å². The van der Waals surface area contributed by atoms with Crippen LogP contribution in [0, 0.1) is 0 Å². The fourth-order valence-corrected chi connectivity index (χ4v) is 10.1. The molecule has 2 saturated heterocycles. The third-order valence-electron chi connectivity index (χ3n) is 6.53. The van der Waals surface area contributed by atoms with Crippen molar-refractivity contribution in [3.63, 3.8) is 0 Å². The van der Waals surface area contributed by atoms with Gasteiger partial charge in [-0.15, -0.1) is 10.4 Å². The predicted octanol–water partition coefficient (Wildman–Crippen LogP) is 1.78. The van der Waals surface area contributed by atoms with Crippen LogP contribution in [0.3, 0.4) is 0 Å². The van der Waals surface area contributed by atoms with E-state index in [4.69, 9.17) is 10.2 Å². The summed E-state index contributed by atoms with van der Waals surface area (Å²) >= 11 is 0. The van der Waals surface area contributed by atoms with Gasteiger partial charge in [-0.05, 0) is 51.9 Å². The molecule has 7 heteroatoms. The largest absolute Gasteiger partial charge is 4.00 e. The maximum Gasteiger partial charge on any atom is 4.00 e. The normalized spacial score (nSPS) is 16.8. The van der Waals surface area contributed by atoms with E-state index in [1.54, 1.807) is 10.4 Å². The maximum absolute atomic E-state index is 8.25. The zero-order valence-corrected chi connectivity index (χ0v) is 24.9. The summed E-state index contributed by atoms with van der Waals surface area (Å²) in [6.45, 7) is 15.2. The van der Waals surface area contributed by atoms with E-state index in [0.29, 0.717) is 0 Å². The monoisotopic (exact) mass is 536 g/mol. The molecule has 0 aromatic heterocycles. The minimum Gasteiger partial charge on any atom is -0.857 e. The summed E-state index contributed by atoms with van der Waals surface area (Å²) < 4.78 is 5.45. The molecule has 2 heterocycles. The van der Waals surface area contributed by atoms with Crippen LogP contribution in [0.5, 0.6) is 0 Å². The van der Waals surface area contributed by atoms with Crippen LogP contribution in [-0.2, 0) is 26.2 Å². The van der Waals surface area contributed by atoms with Crippen molar-refractivity contribution in [3.05, 3.63) is 48.5 Å². The molecule has 0 saturated carbocycles. The minimum absolute atomic E-state index is 0. The third-order valence-corrected chi connectivity index (χ3v) is 14.1. The van der Waals surface area contributed by atoms with Crippen molar-refractivity contribution in [2.75, 3.05) is 40.4 Å². The van der Waals surface area contributed by atoms with Crippen LogP contribution in [0.4, 0.5) is 0 Å². The van der Waals surface area contributed by atoms with Crippen molar-refractivity contribution in [2.45, 2.75) is 51.9 Å². The molecule has 2 fully saturated rings. The van der Waals surface area contributed by atoms with E-state index in [2.05, 4.69) is 83.8 Å². The van der Waals surface area contributed by atoms with Gasteiger partial charge in [0.1, 0.15) is 0 Å². The van der Waals surface area contributed by atoms with E-state index in [9.17, 15) is 0 Å². The van der Waals surface area contributed by atoms with Crippen LogP contribution in [-0.4, -0.2) is 66.0 Å². The van der Waals surface area contributed by atoms with Crippen LogP contribution in [0.2, 0.25) is 26.2 Å². The zero-order chi connectivity index (χ0) is 22.6. The molecular weight excluding hydrogens is 496 g/mol. The molecule has 0 amide bonds. The van der Waals surface area contributed by atoms with Crippen LogP contribution < -0.4 is 20.6 Å². The standard InChI is InChI=1S/2C11H18NSi.2CH3O.Zr/c2*1-13(2,11-7-3-4-8-11)12-9-5-6-10-12;2*1-2;/h2*3-4,7-8H,5-6,9-10H2,1-2H3;2*1H3;/q4*-1;+4. The molecule has 0 unspecified atom stereocenters. The number of hydrogen-bond acceptors (Lipinski definition) is 4. The maximum atomic E-state index is 8.25. The minimum atomic E-state index is -1.26. The third kappa shape index (κ3) is 8.62. The van der Waals surface area contributed by atoms with Gasteiger partial charge in [0.2, 0.25) is 0 Å². The molecule has 31 heavy (non-hydrogen) atoms.